The van der Waals surface area contributed by atoms with Crippen LogP contribution in [-0.2, 0) is 13.0 Å². The number of anilines is 1. The van der Waals surface area contributed by atoms with Gasteiger partial charge in [-0.2, -0.15) is 0 Å². The zero-order valence-electron chi connectivity index (χ0n) is 10.7. The second-order valence-electron chi connectivity index (χ2n) is 4.51. The first-order valence-electron chi connectivity index (χ1n) is 6.27. The Balaban J connectivity index is 1.93. The Morgan fingerprint density at radius 2 is 1.78 bits per heavy atom. The Hall–Kier alpha value is -1.80. The van der Waals surface area contributed by atoms with E-state index in [9.17, 15) is 0 Å². The fourth-order valence-electron chi connectivity index (χ4n) is 1.94. The Bertz CT molecular complexity index is 491. The molecule has 18 heavy (non-hydrogen) atoms. The summed E-state index contributed by atoms with van der Waals surface area (Å²) in [5.74, 6) is 0. The van der Waals surface area contributed by atoms with E-state index >= 15 is 0 Å². The van der Waals surface area contributed by atoms with Gasteiger partial charge in [-0.05, 0) is 36.6 Å². The van der Waals surface area contributed by atoms with Crippen LogP contribution in [0.2, 0.25) is 0 Å². The van der Waals surface area contributed by atoms with Gasteiger partial charge in [0.25, 0.3) is 0 Å². The number of hydrogen-bond donors (Lipinski definition) is 2. The molecule has 0 amide bonds. The Labute approximate surface area is 108 Å². The first kappa shape index (κ1) is 12.7. The van der Waals surface area contributed by atoms with E-state index in [1.54, 1.807) is 0 Å². The van der Waals surface area contributed by atoms with Gasteiger partial charge >= 0.3 is 0 Å². The second kappa shape index (κ2) is 6.22. The molecule has 0 atom stereocenters. The first-order valence-corrected chi connectivity index (χ1v) is 6.27. The third kappa shape index (κ3) is 3.60. The molecule has 0 aromatic heterocycles. The Kier molecular flexibility index (Phi) is 4.37. The average molecular weight is 241 g/mol. The topological polar surface area (TPSA) is 32.3 Å². The van der Waals surface area contributed by atoms with Gasteiger partial charge in [-0.1, -0.05) is 42.0 Å². The van der Waals surface area contributed by atoms with Gasteiger partial charge in [0.15, 0.2) is 0 Å². The monoisotopic (exact) mass is 241 g/mol. The maximum Gasteiger partial charge on any atom is 0.0471 e. The summed E-state index contributed by atoms with van der Waals surface area (Å²) in [4.78, 5) is 0. The smallest absolute Gasteiger partial charge is 0.0471 e. The zero-order chi connectivity index (χ0) is 12.8. The van der Waals surface area contributed by atoms with E-state index in [0.717, 1.165) is 18.7 Å². The van der Waals surface area contributed by atoms with E-state index in [1.807, 2.05) is 0 Å². The van der Waals surface area contributed by atoms with Crippen LogP contribution in [0.3, 0.4) is 0 Å². The molecule has 2 rings (SSSR count). The van der Waals surface area contributed by atoms with Gasteiger partial charge < -0.3 is 10.4 Å². The van der Waals surface area contributed by atoms with Gasteiger partial charge in [0.05, 0.1) is 0 Å². The molecule has 0 radical (unpaired) electrons. The predicted molar refractivity (Wildman–Crippen MR) is 75.7 cm³/mol. The number of rotatable bonds is 5. The molecule has 0 aliphatic heterocycles. The molecule has 0 fully saturated rings. The van der Waals surface area contributed by atoms with Gasteiger partial charge in [-0.3, -0.25) is 0 Å². The van der Waals surface area contributed by atoms with Crippen LogP contribution in [0, 0.1) is 6.92 Å². The van der Waals surface area contributed by atoms with Crippen molar-refractivity contribution in [2.24, 2.45) is 0 Å². The van der Waals surface area contributed by atoms with Crippen molar-refractivity contribution in [2.45, 2.75) is 19.9 Å². The lowest BCUT2D eigenvalue weighted by Gasteiger charge is -2.08. The fraction of sp³-hybridized carbons (Fsp3) is 0.250. The maximum absolute atomic E-state index is 8.85. The second-order valence-corrected chi connectivity index (χ2v) is 4.51. The molecule has 2 aromatic carbocycles. The average Bonchev–Trinajstić information content (AvgIpc) is 2.38. The number of benzene rings is 2. The molecule has 0 aliphatic carbocycles. The summed E-state index contributed by atoms with van der Waals surface area (Å²) in [5.41, 5.74) is 4.85. The standard InChI is InChI=1S/C16H19NO/c1-13-3-2-4-15(11-13)12-17-16-7-5-14(6-8-16)9-10-18/h2-8,11,17-18H,9-10,12H2,1H3. The van der Waals surface area contributed by atoms with Crippen LogP contribution in [-0.4, -0.2) is 11.7 Å². The molecular formula is C16H19NO. The van der Waals surface area contributed by atoms with Crippen LogP contribution in [0.15, 0.2) is 48.5 Å². The molecule has 0 saturated heterocycles. The minimum Gasteiger partial charge on any atom is -0.396 e. The summed E-state index contributed by atoms with van der Waals surface area (Å²) >= 11 is 0. The van der Waals surface area contributed by atoms with Gasteiger partial charge in [0.2, 0.25) is 0 Å². The predicted octanol–water partition coefficient (Wildman–Crippen LogP) is 3.14. The third-order valence-corrected chi connectivity index (χ3v) is 2.93. The number of aliphatic hydroxyl groups excluding tert-OH is 1. The molecule has 0 bridgehead atoms. The largest absolute Gasteiger partial charge is 0.396 e. The molecule has 0 saturated carbocycles. The van der Waals surface area contributed by atoms with Crippen molar-refractivity contribution in [3.63, 3.8) is 0 Å². The van der Waals surface area contributed by atoms with E-state index in [0.29, 0.717) is 0 Å². The van der Waals surface area contributed by atoms with E-state index < -0.39 is 0 Å². The van der Waals surface area contributed by atoms with Crippen molar-refractivity contribution in [3.05, 3.63) is 65.2 Å². The van der Waals surface area contributed by atoms with E-state index in [2.05, 4.69) is 60.8 Å². The van der Waals surface area contributed by atoms with Crippen molar-refractivity contribution in [3.8, 4) is 0 Å². The van der Waals surface area contributed by atoms with Crippen LogP contribution >= 0.6 is 0 Å². The van der Waals surface area contributed by atoms with Crippen molar-refractivity contribution >= 4 is 5.69 Å². The van der Waals surface area contributed by atoms with Crippen LogP contribution in [0.5, 0.6) is 0 Å². The third-order valence-electron chi connectivity index (χ3n) is 2.93. The summed E-state index contributed by atoms with van der Waals surface area (Å²) in [6.07, 6.45) is 0.720. The molecule has 94 valence electrons. The summed E-state index contributed by atoms with van der Waals surface area (Å²) in [7, 11) is 0. The minimum atomic E-state index is 0.204. The first-order chi connectivity index (χ1) is 8.78. The molecular weight excluding hydrogens is 222 g/mol. The maximum atomic E-state index is 8.85. The highest BCUT2D eigenvalue weighted by atomic mass is 16.2. The highest BCUT2D eigenvalue weighted by molar-refractivity contribution is 5.45. The number of hydrogen-bond acceptors (Lipinski definition) is 2. The molecule has 2 N–H and O–H groups in total. The Morgan fingerprint density at radius 3 is 2.44 bits per heavy atom. The number of aryl methyl sites for hydroxylation is 1. The van der Waals surface area contributed by atoms with E-state index in [4.69, 9.17) is 5.11 Å². The fourth-order valence-corrected chi connectivity index (χ4v) is 1.94. The molecule has 2 nitrogen and oxygen atoms in total. The van der Waals surface area contributed by atoms with Crippen LogP contribution in [0.1, 0.15) is 16.7 Å². The van der Waals surface area contributed by atoms with Gasteiger partial charge in [-0.25, -0.2) is 0 Å². The summed E-state index contributed by atoms with van der Waals surface area (Å²) < 4.78 is 0. The molecule has 0 heterocycles. The minimum absolute atomic E-state index is 0.204. The summed E-state index contributed by atoms with van der Waals surface area (Å²) in [6.45, 7) is 3.14. The van der Waals surface area contributed by atoms with Crippen molar-refractivity contribution in [1.82, 2.24) is 0 Å². The van der Waals surface area contributed by atoms with Crippen LogP contribution < -0.4 is 5.32 Å². The van der Waals surface area contributed by atoms with Crippen LogP contribution in [0.25, 0.3) is 0 Å². The SMILES string of the molecule is Cc1cccc(CNc2ccc(CCO)cc2)c1. The van der Waals surface area contributed by atoms with Crippen LogP contribution in [0.4, 0.5) is 5.69 Å². The molecule has 2 heteroatoms. The van der Waals surface area contributed by atoms with Crippen molar-refractivity contribution in [1.29, 1.82) is 0 Å². The lowest BCUT2D eigenvalue weighted by Crippen LogP contribution is -1.99. The Morgan fingerprint density at radius 1 is 1.00 bits per heavy atom. The van der Waals surface area contributed by atoms with E-state index in [-0.39, 0.29) is 6.61 Å². The molecule has 0 unspecified atom stereocenters. The molecule has 0 aliphatic rings. The van der Waals surface area contributed by atoms with Gasteiger partial charge in [0.1, 0.15) is 0 Å². The van der Waals surface area contributed by atoms with Gasteiger partial charge in [-0.15, -0.1) is 0 Å². The normalized spacial score (nSPS) is 10.3. The summed E-state index contributed by atoms with van der Waals surface area (Å²) in [6, 6.07) is 16.7. The lowest BCUT2D eigenvalue weighted by molar-refractivity contribution is 0.299. The number of nitrogens with one attached hydrogen (secondary N) is 1. The highest BCUT2D eigenvalue weighted by Crippen LogP contribution is 2.12. The van der Waals surface area contributed by atoms with Crippen molar-refractivity contribution in [2.75, 3.05) is 11.9 Å². The molecule has 0 spiro atoms. The summed E-state index contributed by atoms with van der Waals surface area (Å²) in [5, 5.41) is 12.2. The van der Waals surface area contributed by atoms with Crippen molar-refractivity contribution < 1.29 is 5.11 Å². The number of aliphatic hydroxyl groups is 1. The highest BCUT2D eigenvalue weighted by Gasteiger charge is 1.96. The van der Waals surface area contributed by atoms with Gasteiger partial charge in [0, 0.05) is 18.8 Å². The lowest BCUT2D eigenvalue weighted by atomic mass is 10.1. The van der Waals surface area contributed by atoms with E-state index in [1.165, 1.54) is 16.7 Å². The quantitative estimate of drug-likeness (QED) is 0.843. The zero-order valence-corrected chi connectivity index (χ0v) is 10.7. The molecule has 2 aromatic rings.